The van der Waals surface area contributed by atoms with Gasteiger partial charge in [0.1, 0.15) is 0 Å². The van der Waals surface area contributed by atoms with Crippen LogP contribution < -0.4 is 20.9 Å². The van der Waals surface area contributed by atoms with E-state index in [4.69, 9.17) is 10.5 Å². The molecule has 0 aliphatic carbocycles. The molecule has 2 rings (SSSR count). The summed E-state index contributed by atoms with van der Waals surface area (Å²) in [7, 11) is 0. The Balaban J connectivity index is 2.15. The number of aromatic nitrogens is 2. The van der Waals surface area contributed by atoms with Crippen molar-refractivity contribution in [2.24, 2.45) is 0 Å². The molecule has 27 heavy (non-hydrogen) atoms. The number of ether oxygens (including phenoxy) is 1. The van der Waals surface area contributed by atoms with Gasteiger partial charge < -0.3 is 25.6 Å². The van der Waals surface area contributed by atoms with Crippen LogP contribution in [0.2, 0.25) is 0 Å². The topological polar surface area (TPSA) is 124 Å². The highest BCUT2D eigenvalue weighted by molar-refractivity contribution is 5.71. The van der Waals surface area contributed by atoms with E-state index in [2.05, 4.69) is 29.1 Å². The summed E-state index contributed by atoms with van der Waals surface area (Å²) >= 11 is 0. The number of anilines is 3. The van der Waals surface area contributed by atoms with E-state index >= 15 is 0 Å². The number of hydrogen-bond donors (Lipinski definition) is 3. The first kappa shape index (κ1) is 21.1. The van der Waals surface area contributed by atoms with Crippen molar-refractivity contribution in [3.8, 4) is 0 Å². The average molecular weight is 382 g/mol. The Bertz CT molecular complexity index is 629. The zero-order valence-electron chi connectivity index (χ0n) is 16.7. The lowest BCUT2D eigenvalue weighted by Gasteiger charge is -2.35. The molecule has 0 spiro atoms. The van der Waals surface area contributed by atoms with Crippen LogP contribution >= 0.6 is 0 Å². The second-order valence-corrected chi connectivity index (χ2v) is 7.01. The van der Waals surface area contributed by atoms with E-state index < -0.39 is 4.92 Å². The van der Waals surface area contributed by atoms with Gasteiger partial charge in [-0.2, -0.15) is 9.97 Å². The summed E-state index contributed by atoms with van der Waals surface area (Å²) in [5, 5.41) is 14.7. The fourth-order valence-corrected chi connectivity index (χ4v) is 3.43. The number of hydrogen-bond acceptors (Lipinski definition) is 8. The Kier molecular flexibility index (Phi) is 7.55. The normalized spacial score (nSPS) is 20.1. The summed E-state index contributed by atoms with van der Waals surface area (Å²) in [5.74, 6) is 0.467. The van der Waals surface area contributed by atoms with Crippen LogP contribution in [-0.2, 0) is 4.74 Å². The van der Waals surface area contributed by atoms with Gasteiger partial charge in [-0.1, -0.05) is 0 Å². The van der Waals surface area contributed by atoms with Gasteiger partial charge in [0.25, 0.3) is 0 Å². The predicted molar refractivity (Wildman–Crippen MR) is 105 cm³/mol. The van der Waals surface area contributed by atoms with Gasteiger partial charge >= 0.3 is 5.69 Å². The molecular formula is C17H32N7O3+. The summed E-state index contributed by atoms with van der Waals surface area (Å²) in [6.45, 7) is 13.2. The molecule has 2 atom stereocenters. The summed E-state index contributed by atoms with van der Waals surface area (Å²) in [6.07, 6.45) is 0.870. The second kappa shape index (κ2) is 9.65. The van der Waals surface area contributed by atoms with E-state index in [1.54, 1.807) is 0 Å². The van der Waals surface area contributed by atoms with Gasteiger partial charge in [0, 0.05) is 26.1 Å². The summed E-state index contributed by atoms with van der Waals surface area (Å²) in [5.41, 5.74) is 5.66. The van der Waals surface area contributed by atoms with Crippen molar-refractivity contribution < 1.29 is 14.6 Å². The number of nitrogens with one attached hydrogen (secondary N) is 2. The van der Waals surface area contributed by atoms with Crippen molar-refractivity contribution in [2.45, 2.75) is 46.3 Å². The first-order valence-corrected chi connectivity index (χ1v) is 9.65. The van der Waals surface area contributed by atoms with Gasteiger partial charge in [0.2, 0.25) is 17.6 Å². The Morgan fingerprint density at radius 3 is 2.48 bits per heavy atom. The fourth-order valence-electron chi connectivity index (χ4n) is 3.43. The van der Waals surface area contributed by atoms with Crippen LogP contribution in [0.5, 0.6) is 0 Å². The Labute approximate surface area is 160 Å². The predicted octanol–water partition coefficient (Wildman–Crippen LogP) is 0.307. The molecule has 0 unspecified atom stereocenters. The maximum atomic E-state index is 11.5. The highest BCUT2D eigenvalue weighted by Crippen LogP contribution is 2.33. The van der Waals surface area contributed by atoms with Gasteiger partial charge in [-0.15, -0.1) is 0 Å². The SMILES string of the molecule is CC[NH+](CC)CCCNc1nc(N)c([N+](=O)[O-])c(N2C[C@@H](C)O[C@H](C)C2)n1. The molecule has 10 nitrogen and oxygen atoms in total. The van der Waals surface area contributed by atoms with Crippen molar-refractivity contribution >= 4 is 23.3 Å². The molecule has 2 heterocycles. The zero-order valence-corrected chi connectivity index (χ0v) is 16.7. The molecule has 4 N–H and O–H groups in total. The highest BCUT2D eigenvalue weighted by Gasteiger charge is 2.32. The molecule has 10 heteroatoms. The molecule has 1 aliphatic heterocycles. The van der Waals surface area contributed by atoms with E-state index in [-0.39, 0.29) is 29.5 Å². The molecule has 1 fully saturated rings. The lowest BCUT2D eigenvalue weighted by Crippen LogP contribution is -3.11. The molecule has 1 aliphatic rings. The van der Waals surface area contributed by atoms with Crippen LogP contribution in [0.25, 0.3) is 0 Å². The Hall–Kier alpha value is -2.20. The lowest BCUT2D eigenvalue weighted by atomic mass is 10.2. The number of nitrogen functional groups attached to an aromatic ring is 1. The second-order valence-electron chi connectivity index (χ2n) is 7.01. The van der Waals surface area contributed by atoms with Crippen molar-refractivity contribution in [2.75, 3.05) is 55.2 Å². The van der Waals surface area contributed by atoms with Gasteiger partial charge in [-0.05, 0) is 27.7 Å². The Morgan fingerprint density at radius 2 is 1.93 bits per heavy atom. The van der Waals surface area contributed by atoms with E-state index in [0.717, 1.165) is 26.1 Å². The monoisotopic (exact) mass is 382 g/mol. The smallest absolute Gasteiger partial charge is 0.353 e. The Morgan fingerprint density at radius 1 is 1.30 bits per heavy atom. The van der Waals surface area contributed by atoms with Gasteiger partial charge in [0.05, 0.1) is 36.8 Å². The van der Waals surface area contributed by atoms with Crippen LogP contribution in [0, 0.1) is 10.1 Å². The van der Waals surface area contributed by atoms with Crippen LogP contribution in [0.1, 0.15) is 34.1 Å². The van der Waals surface area contributed by atoms with Crippen molar-refractivity contribution in [1.29, 1.82) is 0 Å². The third-order valence-corrected chi connectivity index (χ3v) is 4.78. The molecule has 1 saturated heterocycles. The quantitative estimate of drug-likeness (QED) is 0.317. The molecule has 0 radical (unpaired) electrons. The van der Waals surface area contributed by atoms with Gasteiger partial charge in [0.15, 0.2) is 0 Å². The summed E-state index contributed by atoms with van der Waals surface area (Å²) < 4.78 is 5.72. The number of nitrogens with two attached hydrogens (primary N) is 1. The third-order valence-electron chi connectivity index (χ3n) is 4.78. The molecule has 1 aromatic rings. The first-order chi connectivity index (χ1) is 12.8. The minimum Gasteiger partial charge on any atom is -0.378 e. The van der Waals surface area contributed by atoms with Crippen molar-refractivity contribution in [3.63, 3.8) is 0 Å². The maximum absolute atomic E-state index is 11.5. The molecule has 1 aromatic heterocycles. The van der Waals surface area contributed by atoms with Crippen LogP contribution in [-0.4, -0.2) is 66.4 Å². The lowest BCUT2D eigenvalue weighted by molar-refractivity contribution is -0.896. The molecule has 0 aromatic carbocycles. The minimum absolute atomic E-state index is 0.0435. The van der Waals surface area contributed by atoms with Crippen LogP contribution in [0.4, 0.5) is 23.3 Å². The molecule has 0 saturated carbocycles. The number of morpholine rings is 1. The molecule has 0 bridgehead atoms. The third kappa shape index (κ3) is 5.64. The minimum atomic E-state index is -0.511. The van der Waals surface area contributed by atoms with Crippen LogP contribution in [0.3, 0.4) is 0 Å². The number of nitro groups is 1. The van der Waals surface area contributed by atoms with Gasteiger partial charge in [-0.3, -0.25) is 10.1 Å². The maximum Gasteiger partial charge on any atom is 0.353 e. The average Bonchev–Trinajstić information content (AvgIpc) is 2.60. The van der Waals surface area contributed by atoms with E-state index in [1.807, 2.05) is 18.7 Å². The highest BCUT2D eigenvalue weighted by atomic mass is 16.6. The zero-order chi connectivity index (χ0) is 20.0. The van der Waals surface area contributed by atoms with Crippen molar-refractivity contribution in [3.05, 3.63) is 10.1 Å². The fraction of sp³-hybridized carbons (Fsp3) is 0.765. The summed E-state index contributed by atoms with van der Waals surface area (Å²) in [4.78, 5) is 22.9. The van der Waals surface area contributed by atoms with E-state index in [9.17, 15) is 10.1 Å². The molecular weight excluding hydrogens is 350 g/mol. The molecule has 0 amide bonds. The largest absolute Gasteiger partial charge is 0.378 e. The number of rotatable bonds is 9. The van der Waals surface area contributed by atoms with Crippen LogP contribution in [0.15, 0.2) is 0 Å². The number of nitrogens with zero attached hydrogens (tertiary/aromatic N) is 4. The standard InChI is InChI=1S/C17H31N7O3/c1-5-22(6-2)9-7-8-19-17-20-15(18)14(24(25)26)16(21-17)23-10-12(3)27-13(4)11-23/h12-13H,5-11H2,1-4H3,(H3,18,19,20,21)/p+1/t12-,13-/m1/s1. The first-order valence-electron chi connectivity index (χ1n) is 9.65. The van der Waals surface area contributed by atoms with Gasteiger partial charge in [-0.25, -0.2) is 0 Å². The van der Waals surface area contributed by atoms with Crippen molar-refractivity contribution in [1.82, 2.24) is 9.97 Å². The van der Waals surface area contributed by atoms with E-state index in [0.29, 0.717) is 25.6 Å². The summed E-state index contributed by atoms with van der Waals surface area (Å²) in [6, 6.07) is 0. The molecule has 152 valence electrons. The van der Waals surface area contributed by atoms with E-state index in [1.165, 1.54) is 4.90 Å². The number of quaternary nitrogens is 1.